The number of aliphatic hydroxyl groups is 1. The third-order valence-electron chi connectivity index (χ3n) is 5.19. The first-order valence-electron chi connectivity index (χ1n) is 9.50. The van der Waals surface area contributed by atoms with Crippen molar-refractivity contribution < 1.29 is 14.6 Å². The molecular formula is C21H23N5O3. The van der Waals surface area contributed by atoms with Gasteiger partial charge in [-0.25, -0.2) is 14.8 Å². The van der Waals surface area contributed by atoms with Crippen molar-refractivity contribution in [3.63, 3.8) is 0 Å². The number of nitrogens with zero attached hydrogens (tertiary/aromatic N) is 4. The number of urea groups is 1. The van der Waals surface area contributed by atoms with Crippen LogP contribution in [0.4, 0.5) is 10.6 Å². The zero-order chi connectivity index (χ0) is 20.4. The fraction of sp³-hybridized carbons (Fsp3) is 0.333. The quantitative estimate of drug-likeness (QED) is 0.709. The summed E-state index contributed by atoms with van der Waals surface area (Å²) in [5.74, 6) is 0.911. The number of hydrogen-bond acceptors (Lipinski definition) is 6. The van der Waals surface area contributed by atoms with E-state index < -0.39 is 5.60 Å². The molecule has 3 aromatic rings. The van der Waals surface area contributed by atoms with E-state index in [0.717, 1.165) is 11.3 Å². The fourth-order valence-corrected chi connectivity index (χ4v) is 3.41. The lowest BCUT2D eigenvalue weighted by molar-refractivity contribution is 0.00569. The third-order valence-corrected chi connectivity index (χ3v) is 5.19. The first kappa shape index (κ1) is 19.1. The van der Waals surface area contributed by atoms with Gasteiger partial charge in [-0.1, -0.05) is 6.07 Å². The van der Waals surface area contributed by atoms with Crippen LogP contribution in [0.5, 0.6) is 5.75 Å². The number of nitrogens with one attached hydrogen (secondary N) is 1. The summed E-state index contributed by atoms with van der Waals surface area (Å²) in [5.41, 5.74) is 2.11. The molecule has 0 spiro atoms. The fourth-order valence-electron chi connectivity index (χ4n) is 3.41. The van der Waals surface area contributed by atoms with Gasteiger partial charge in [0.25, 0.3) is 0 Å². The van der Waals surface area contributed by atoms with Crippen LogP contribution in [0.3, 0.4) is 0 Å². The summed E-state index contributed by atoms with van der Waals surface area (Å²) in [6, 6.07) is 9.14. The largest absolute Gasteiger partial charge is 0.494 e. The molecule has 29 heavy (non-hydrogen) atoms. The van der Waals surface area contributed by atoms with E-state index in [1.807, 2.05) is 30.3 Å². The molecule has 2 aromatic heterocycles. The highest BCUT2D eigenvalue weighted by Crippen LogP contribution is 2.32. The molecule has 0 saturated carbocycles. The molecule has 1 fully saturated rings. The van der Waals surface area contributed by atoms with Crippen LogP contribution in [0.25, 0.3) is 22.3 Å². The smallest absolute Gasteiger partial charge is 0.323 e. The standard InChI is InChI=1S/C21H23N5O3/c1-21(28)8-11-26(12-9-21)20(27)25-17-13-23-18-14(15-5-3-4-10-22-15)6-7-16(29-2)19(18)24-17/h3-7,10,13,28H,8-9,11-12H2,1-2H3,(H,24,25,27). The average Bonchev–Trinajstić information content (AvgIpc) is 2.73. The number of rotatable bonds is 3. The molecule has 1 aliphatic rings. The first-order valence-corrected chi connectivity index (χ1v) is 9.50. The van der Waals surface area contributed by atoms with Gasteiger partial charge in [-0.15, -0.1) is 0 Å². The minimum atomic E-state index is -0.714. The van der Waals surface area contributed by atoms with Crippen LogP contribution in [-0.2, 0) is 0 Å². The lowest BCUT2D eigenvalue weighted by atomic mass is 9.94. The number of carbonyl (C=O) groups is 1. The molecule has 4 rings (SSSR count). The van der Waals surface area contributed by atoms with E-state index in [-0.39, 0.29) is 6.03 Å². The Hall–Kier alpha value is -3.26. The molecule has 1 aliphatic heterocycles. The molecule has 3 heterocycles. The molecule has 1 aromatic carbocycles. The summed E-state index contributed by atoms with van der Waals surface area (Å²) in [4.78, 5) is 27.8. The van der Waals surface area contributed by atoms with Crippen molar-refractivity contribution in [3.8, 4) is 17.0 Å². The van der Waals surface area contributed by atoms with Gasteiger partial charge >= 0.3 is 6.03 Å². The predicted molar refractivity (Wildman–Crippen MR) is 110 cm³/mol. The number of carbonyl (C=O) groups excluding carboxylic acids is 1. The molecule has 150 valence electrons. The molecule has 0 atom stereocenters. The van der Waals surface area contributed by atoms with Crippen molar-refractivity contribution >= 4 is 22.9 Å². The second-order valence-electron chi connectivity index (χ2n) is 7.40. The highest BCUT2D eigenvalue weighted by molar-refractivity contribution is 5.96. The Labute approximate surface area is 168 Å². The maximum atomic E-state index is 12.6. The number of pyridine rings is 1. The molecular weight excluding hydrogens is 370 g/mol. The van der Waals surface area contributed by atoms with Crippen molar-refractivity contribution in [2.24, 2.45) is 0 Å². The van der Waals surface area contributed by atoms with Gasteiger partial charge in [0.15, 0.2) is 5.82 Å². The van der Waals surface area contributed by atoms with E-state index in [0.29, 0.717) is 48.5 Å². The van der Waals surface area contributed by atoms with Gasteiger partial charge in [0, 0.05) is 24.8 Å². The van der Waals surface area contributed by atoms with Crippen molar-refractivity contribution in [1.29, 1.82) is 0 Å². The van der Waals surface area contributed by atoms with E-state index in [1.165, 1.54) is 6.20 Å². The van der Waals surface area contributed by atoms with Crippen LogP contribution < -0.4 is 10.1 Å². The summed E-state index contributed by atoms with van der Waals surface area (Å²) in [6.07, 6.45) is 4.35. The number of hydrogen-bond donors (Lipinski definition) is 2. The number of ether oxygens (including phenoxy) is 1. The highest BCUT2D eigenvalue weighted by Gasteiger charge is 2.29. The maximum absolute atomic E-state index is 12.6. The van der Waals surface area contributed by atoms with Gasteiger partial charge in [-0.05, 0) is 44.0 Å². The van der Waals surface area contributed by atoms with Crippen LogP contribution in [0.2, 0.25) is 0 Å². The van der Waals surface area contributed by atoms with Gasteiger partial charge in [-0.3, -0.25) is 10.3 Å². The molecule has 8 heteroatoms. The van der Waals surface area contributed by atoms with E-state index in [2.05, 4.69) is 20.3 Å². The third kappa shape index (κ3) is 3.97. The minimum Gasteiger partial charge on any atom is -0.494 e. The summed E-state index contributed by atoms with van der Waals surface area (Å²) in [7, 11) is 1.57. The average molecular weight is 393 g/mol. The second-order valence-corrected chi connectivity index (χ2v) is 7.40. The number of benzene rings is 1. The van der Waals surface area contributed by atoms with Crippen molar-refractivity contribution in [2.45, 2.75) is 25.4 Å². The highest BCUT2D eigenvalue weighted by atomic mass is 16.5. The van der Waals surface area contributed by atoms with Crippen LogP contribution in [0.15, 0.2) is 42.7 Å². The first-order chi connectivity index (χ1) is 14.0. The number of anilines is 1. The Bertz CT molecular complexity index is 1030. The number of amides is 2. The SMILES string of the molecule is COc1ccc(-c2ccccn2)c2ncc(NC(=O)N3CCC(C)(O)CC3)nc12. The van der Waals surface area contributed by atoms with E-state index in [4.69, 9.17) is 4.74 Å². The Morgan fingerprint density at radius 2 is 1.97 bits per heavy atom. The molecule has 1 saturated heterocycles. The summed E-state index contributed by atoms with van der Waals surface area (Å²) in [5, 5.41) is 12.9. The summed E-state index contributed by atoms with van der Waals surface area (Å²) < 4.78 is 5.44. The molecule has 0 aliphatic carbocycles. The monoisotopic (exact) mass is 393 g/mol. The van der Waals surface area contributed by atoms with Gasteiger partial charge < -0.3 is 14.7 Å². The van der Waals surface area contributed by atoms with Crippen LogP contribution >= 0.6 is 0 Å². The minimum absolute atomic E-state index is 0.256. The summed E-state index contributed by atoms with van der Waals surface area (Å²) in [6.45, 7) is 2.78. The number of piperidine rings is 1. The van der Waals surface area contributed by atoms with Crippen LogP contribution in [-0.4, -0.2) is 56.8 Å². The Morgan fingerprint density at radius 3 is 2.66 bits per heavy atom. The van der Waals surface area contributed by atoms with Gasteiger partial charge in [0.2, 0.25) is 0 Å². The van der Waals surface area contributed by atoms with Crippen molar-refractivity contribution in [2.75, 3.05) is 25.5 Å². The topological polar surface area (TPSA) is 100 Å². The van der Waals surface area contributed by atoms with Gasteiger partial charge in [-0.2, -0.15) is 0 Å². The Morgan fingerprint density at radius 1 is 1.17 bits per heavy atom. The van der Waals surface area contributed by atoms with Crippen LogP contribution in [0, 0.1) is 0 Å². The summed E-state index contributed by atoms with van der Waals surface area (Å²) >= 11 is 0. The Balaban J connectivity index is 1.63. The Kier molecular flexibility index (Phi) is 5.02. The number of aromatic nitrogens is 3. The van der Waals surface area contributed by atoms with E-state index in [9.17, 15) is 9.90 Å². The predicted octanol–water partition coefficient (Wildman–Crippen LogP) is 3.08. The molecule has 0 unspecified atom stereocenters. The lowest BCUT2D eigenvalue weighted by Crippen LogP contribution is -2.46. The van der Waals surface area contributed by atoms with E-state index in [1.54, 1.807) is 25.1 Å². The molecule has 2 amide bonds. The second kappa shape index (κ2) is 7.63. The number of fused-ring (bicyclic) bond motifs is 1. The zero-order valence-corrected chi connectivity index (χ0v) is 16.4. The van der Waals surface area contributed by atoms with Gasteiger partial charge in [0.1, 0.15) is 16.8 Å². The lowest BCUT2D eigenvalue weighted by Gasteiger charge is -2.35. The van der Waals surface area contributed by atoms with Crippen LogP contribution in [0.1, 0.15) is 19.8 Å². The van der Waals surface area contributed by atoms with Crippen molar-refractivity contribution in [3.05, 3.63) is 42.7 Å². The van der Waals surface area contributed by atoms with Gasteiger partial charge in [0.05, 0.1) is 24.6 Å². The molecule has 0 radical (unpaired) electrons. The number of likely N-dealkylation sites (tertiary alicyclic amines) is 1. The normalized spacial score (nSPS) is 15.9. The van der Waals surface area contributed by atoms with Crippen molar-refractivity contribution in [1.82, 2.24) is 19.9 Å². The number of methoxy groups -OCH3 is 1. The zero-order valence-electron chi connectivity index (χ0n) is 16.4. The maximum Gasteiger partial charge on any atom is 0.323 e. The molecule has 0 bridgehead atoms. The molecule has 8 nitrogen and oxygen atoms in total. The molecule has 2 N–H and O–H groups in total. The van der Waals surface area contributed by atoms with E-state index >= 15 is 0 Å².